The van der Waals surface area contributed by atoms with Gasteiger partial charge < -0.3 is 5.32 Å². The van der Waals surface area contributed by atoms with Crippen LogP contribution in [0.5, 0.6) is 0 Å². The van der Waals surface area contributed by atoms with Gasteiger partial charge in [-0.25, -0.2) is 19.0 Å². The van der Waals surface area contributed by atoms with Gasteiger partial charge in [-0.05, 0) is 43.9 Å². The van der Waals surface area contributed by atoms with Gasteiger partial charge in [0.15, 0.2) is 11.6 Å². The third-order valence-electron chi connectivity index (χ3n) is 4.83. The molecular formula is C19H19FN6O. The normalized spacial score (nSPS) is 19.6. The number of hydrogen-bond acceptors (Lipinski definition) is 6. The highest BCUT2D eigenvalue weighted by atomic mass is 19.1. The van der Waals surface area contributed by atoms with E-state index in [1.807, 2.05) is 12.1 Å². The van der Waals surface area contributed by atoms with Gasteiger partial charge in [-0.2, -0.15) is 5.10 Å². The van der Waals surface area contributed by atoms with Gasteiger partial charge in [-0.3, -0.25) is 9.78 Å². The first-order chi connectivity index (χ1) is 13.2. The van der Waals surface area contributed by atoms with E-state index in [1.54, 1.807) is 29.2 Å². The Hall–Kier alpha value is -3.16. The highest BCUT2D eigenvalue weighted by molar-refractivity contribution is 5.56. The van der Waals surface area contributed by atoms with E-state index in [0.29, 0.717) is 0 Å². The minimum absolute atomic E-state index is 0.0300. The number of nitrogens with zero attached hydrogens (tertiary/aromatic N) is 5. The first-order valence-electron chi connectivity index (χ1n) is 8.93. The van der Waals surface area contributed by atoms with Crippen LogP contribution >= 0.6 is 0 Å². The minimum Gasteiger partial charge on any atom is -0.365 e. The Labute approximate surface area is 155 Å². The third-order valence-corrected chi connectivity index (χ3v) is 4.83. The standard InChI is InChI=1S/C19H19FN6O/c20-16-11-22-12-23-19(16)24-14-3-5-15(6-4-14)26-18(27)8-7-17(25-26)13-2-1-9-21-10-13/h1-2,7-12,14-15H,3-6H2,(H,22,23,24). The highest BCUT2D eigenvalue weighted by Gasteiger charge is 2.24. The third kappa shape index (κ3) is 3.84. The summed E-state index contributed by atoms with van der Waals surface area (Å²) < 4.78 is 15.3. The zero-order valence-electron chi connectivity index (χ0n) is 14.6. The number of rotatable bonds is 4. The number of pyridine rings is 1. The minimum atomic E-state index is -0.457. The molecule has 1 aliphatic carbocycles. The molecular weight excluding hydrogens is 347 g/mol. The second-order valence-corrected chi connectivity index (χ2v) is 6.61. The SMILES string of the molecule is O=c1ccc(-c2cccnc2)nn1C1CCC(Nc2ncncc2F)CC1. The summed E-state index contributed by atoms with van der Waals surface area (Å²) >= 11 is 0. The van der Waals surface area contributed by atoms with Crippen LogP contribution in [0.3, 0.4) is 0 Å². The van der Waals surface area contributed by atoms with Crippen molar-refractivity contribution in [2.75, 3.05) is 5.32 Å². The fourth-order valence-electron chi connectivity index (χ4n) is 3.43. The Morgan fingerprint density at radius 3 is 2.67 bits per heavy atom. The van der Waals surface area contributed by atoms with Crippen LogP contribution in [0.2, 0.25) is 0 Å². The molecule has 0 aromatic carbocycles. The van der Waals surface area contributed by atoms with E-state index < -0.39 is 5.82 Å². The molecule has 27 heavy (non-hydrogen) atoms. The van der Waals surface area contributed by atoms with Crippen molar-refractivity contribution >= 4 is 5.82 Å². The van der Waals surface area contributed by atoms with Crippen molar-refractivity contribution in [3.8, 4) is 11.3 Å². The van der Waals surface area contributed by atoms with Crippen molar-refractivity contribution in [3.05, 3.63) is 65.4 Å². The molecule has 1 N–H and O–H groups in total. The number of nitrogens with one attached hydrogen (secondary N) is 1. The first kappa shape index (κ1) is 17.3. The summed E-state index contributed by atoms with van der Waals surface area (Å²) in [5, 5.41) is 7.68. The molecule has 7 nitrogen and oxygen atoms in total. The van der Waals surface area contributed by atoms with Crippen molar-refractivity contribution in [3.63, 3.8) is 0 Å². The smallest absolute Gasteiger partial charge is 0.267 e. The summed E-state index contributed by atoms with van der Waals surface area (Å²) in [7, 11) is 0. The predicted octanol–water partition coefficient (Wildman–Crippen LogP) is 2.83. The molecule has 3 aromatic heterocycles. The Kier molecular flexibility index (Phi) is 4.86. The quantitative estimate of drug-likeness (QED) is 0.764. The fraction of sp³-hybridized carbons (Fsp3) is 0.316. The monoisotopic (exact) mass is 366 g/mol. The molecule has 8 heteroatoms. The summed E-state index contributed by atoms with van der Waals surface area (Å²) in [5.74, 6) is -0.232. The summed E-state index contributed by atoms with van der Waals surface area (Å²) in [4.78, 5) is 24.0. The van der Waals surface area contributed by atoms with Gasteiger partial charge in [0.05, 0.1) is 17.9 Å². The van der Waals surface area contributed by atoms with E-state index in [1.165, 1.54) is 6.33 Å². The van der Waals surface area contributed by atoms with E-state index >= 15 is 0 Å². The summed E-state index contributed by atoms with van der Waals surface area (Å²) in [5.41, 5.74) is 1.49. The van der Waals surface area contributed by atoms with Gasteiger partial charge >= 0.3 is 0 Å². The average Bonchev–Trinajstić information content (AvgIpc) is 2.71. The van der Waals surface area contributed by atoms with Crippen molar-refractivity contribution in [2.45, 2.75) is 37.8 Å². The molecule has 0 atom stereocenters. The number of anilines is 1. The maximum absolute atomic E-state index is 13.7. The summed E-state index contributed by atoms with van der Waals surface area (Å²) in [6.07, 6.45) is 9.08. The molecule has 0 spiro atoms. The molecule has 1 fully saturated rings. The predicted molar refractivity (Wildman–Crippen MR) is 98.6 cm³/mol. The molecule has 1 saturated carbocycles. The molecule has 0 unspecified atom stereocenters. The highest BCUT2D eigenvalue weighted by Crippen LogP contribution is 2.29. The van der Waals surface area contributed by atoms with Crippen molar-refractivity contribution in [2.24, 2.45) is 0 Å². The van der Waals surface area contributed by atoms with E-state index in [-0.39, 0.29) is 23.5 Å². The molecule has 0 saturated heterocycles. The molecule has 3 aromatic rings. The molecule has 3 heterocycles. The second-order valence-electron chi connectivity index (χ2n) is 6.61. The van der Waals surface area contributed by atoms with Gasteiger partial charge in [0, 0.05) is 30.1 Å². The molecule has 0 amide bonds. The Bertz CT molecular complexity index is 969. The Morgan fingerprint density at radius 1 is 1.07 bits per heavy atom. The maximum atomic E-state index is 13.7. The summed E-state index contributed by atoms with van der Waals surface area (Å²) in [6, 6.07) is 7.18. The summed E-state index contributed by atoms with van der Waals surface area (Å²) in [6.45, 7) is 0. The Morgan fingerprint density at radius 2 is 1.93 bits per heavy atom. The average molecular weight is 366 g/mol. The maximum Gasteiger partial charge on any atom is 0.267 e. The van der Waals surface area contributed by atoms with Crippen molar-refractivity contribution in [1.82, 2.24) is 24.7 Å². The topological polar surface area (TPSA) is 85.6 Å². The van der Waals surface area contributed by atoms with Crippen LogP contribution < -0.4 is 10.9 Å². The van der Waals surface area contributed by atoms with Crippen LogP contribution in [0.4, 0.5) is 10.2 Å². The second kappa shape index (κ2) is 7.61. The van der Waals surface area contributed by atoms with E-state index in [4.69, 9.17) is 0 Å². The van der Waals surface area contributed by atoms with Crippen LogP contribution in [0, 0.1) is 5.82 Å². The lowest BCUT2D eigenvalue weighted by atomic mass is 9.91. The van der Waals surface area contributed by atoms with Crippen LogP contribution in [0.15, 0.2) is 54.0 Å². The lowest BCUT2D eigenvalue weighted by molar-refractivity contribution is 0.304. The fourth-order valence-corrected chi connectivity index (χ4v) is 3.43. The Balaban J connectivity index is 1.47. The molecule has 4 rings (SSSR count). The van der Waals surface area contributed by atoms with Gasteiger partial charge in [-0.15, -0.1) is 0 Å². The van der Waals surface area contributed by atoms with E-state index in [2.05, 4.69) is 25.4 Å². The zero-order chi connectivity index (χ0) is 18.6. The molecule has 0 aliphatic heterocycles. The van der Waals surface area contributed by atoms with Crippen LogP contribution in [-0.4, -0.2) is 30.8 Å². The number of aromatic nitrogens is 5. The van der Waals surface area contributed by atoms with Crippen LogP contribution in [0.1, 0.15) is 31.7 Å². The molecule has 138 valence electrons. The van der Waals surface area contributed by atoms with Gasteiger partial charge in [0.2, 0.25) is 0 Å². The lowest BCUT2D eigenvalue weighted by Crippen LogP contribution is -2.33. The van der Waals surface area contributed by atoms with Gasteiger partial charge in [-0.1, -0.05) is 0 Å². The first-order valence-corrected chi connectivity index (χ1v) is 8.93. The zero-order valence-corrected chi connectivity index (χ0v) is 14.6. The van der Waals surface area contributed by atoms with E-state index in [0.717, 1.165) is 43.1 Å². The lowest BCUT2D eigenvalue weighted by Gasteiger charge is -2.30. The molecule has 1 aliphatic rings. The van der Waals surface area contributed by atoms with E-state index in [9.17, 15) is 9.18 Å². The van der Waals surface area contributed by atoms with Crippen molar-refractivity contribution < 1.29 is 4.39 Å². The molecule has 0 bridgehead atoms. The van der Waals surface area contributed by atoms with Gasteiger partial charge in [0.25, 0.3) is 5.56 Å². The van der Waals surface area contributed by atoms with Crippen LogP contribution in [0.25, 0.3) is 11.3 Å². The van der Waals surface area contributed by atoms with Crippen LogP contribution in [-0.2, 0) is 0 Å². The number of halogens is 1. The van der Waals surface area contributed by atoms with Crippen molar-refractivity contribution in [1.29, 1.82) is 0 Å². The molecule has 0 radical (unpaired) electrons. The number of hydrogen-bond donors (Lipinski definition) is 1. The largest absolute Gasteiger partial charge is 0.365 e. The van der Waals surface area contributed by atoms with Gasteiger partial charge in [0.1, 0.15) is 6.33 Å².